The summed E-state index contributed by atoms with van der Waals surface area (Å²) in [6.45, 7) is 9.09. The summed E-state index contributed by atoms with van der Waals surface area (Å²) in [6, 6.07) is 8.93. The van der Waals surface area contributed by atoms with Crippen molar-refractivity contribution in [2.45, 2.75) is 32.6 Å². The average molecular weight is 346 g/mol. The van der Waals surface area contributed by atoms with Gasteiger partial charge < -0.3 is 10.6 Å². The van der Waals surface area contributed by atoms with Crippen molar-refractivity contribution in [2.24, 2.45) is 11.7 Å². The van der Waals surface area contributed by atoms with Crippen LogP contribution in [-0.4, -0.2) is 44.2 Å². The lowest BCUT2D eigenvalue weighted by Gasteiger charge is -2.36. The van der Waals surface area contributed by atoms with E-state index in [0.717, 1.165) is 25.6 Å². The van der Waals surface area contributed by atoms with Gasteiger partial charge in [-0.15, -0.1) is 11.3 Å². The molecule has 3 nitrogen and oxygen atoms in total. The van der Waals surface area contributed by atoms with Crippen molar-refractivity contribution in [3.8, 4) is 0 Å². The first-order chi connectivity index (χ1) is 11.8. The molecule has 0 saturated carbocycles. The minimum atomic E-state index is 0.837. The van der Waals surface area contributed by atoms with Gasteiger partial charge in [0.05, 0.1) is 10.4 Å². The van der Waals surface area contributed by atoms with Gasteiger partial charge in [-0.05, 0) is 61.2 Å². The Labute approximate surface area is 150 Å². The molecule has 1 aliphatic rings. The van der Waals surface area contributed by atoms with Crippen LogP contribution in [0.2, 0.25) is 0 Å². The van der Waals surface area contributed by atoms with Gasteiger partial charge in [-0.25, -0.2) is 0 Å². The fraction of sp³-hybridized carbons (Fsp3) is 0.600. The summed E-state index contributed by atoms with van der Waals surface area (Å²) in [6.07, 6.45) is 5.10. The van der Waals surface area contributed by atoms with Crippen molar-refractivity contribution in [3.05, 3.63) is 29.6 Å². The van der Waals surface area contributed by atoms with E-state index < -0.39 is 0 Å². The Morgan fingerprint density at radius 1 is 1.12 bits per heavy atom. The molecule has 0 aliphatic carbocycles. The van der Waals surface area contributed by atoms with Crippen LogP contribution in [0.4, 0.5) is 5.69 Å². The highest BCUT2D eigenvalue weighted by Crippen LogP contribution is 2.32. The quantitative estimate of drug-likeness (QED) is 0.779. The van der Waals surface area contributed by atoms with Crippen molar-refractivity contribution in [2.75, 3.05) is 44.2 Å². The smallest absolute Gasteiger partial charge is 0.0576 e. The molecule has 1 aromatic heterocycles. The Morgan fingerprint density at radius 3 is 2.71 bits per heavy atom. The standard InChI is InChI=1S/C20H31N3S/c1-2-17(5-4-10-21)8-11-22-12-14-23(15-13-22)19-7-3-6-18-9-16-24-20(18)19/h3,6-7,9,16-17H,2,4-5,8,10-15,21H2,1H3. The number of hydrogen-bond acceptors (Lipinski definition) is 4. The van der Waals surface area contributed by atoms with E-state index in [0.29, 0.717) is 0 Å². The number of piperazine rings is 1. The second-order valence-corrected chi connectivity index (χ2v) is 7.85. The SMILES string of the molecule is CCC(CCCN)CCN1CCN(c2cccc3ccsc23)CC1. The molecule has 2 aromatic rings. The van der Waals surface area contributed by atoms with Gasteiger partial charge in [0.25, 0.3) is 0 Å². The first-order valence-electron chi connectivity index (χ1n) is 9.45. The lowest BCUT2D eigenvalue weighted by atomic mass is 9.96. The van der Waals surface area contributed by atoms with Gasteiger partial charge >= 0.3 is 0 Å². The molecule has 0 amide bonds. The highest BCUT2D eigenvalue weighted by molar-refractivity contribution is 7.17. The van der Waals surface area contributed by atoms with Gasteiger partial charge in [0.15, 0.2) is 0 Å². The van der Waals surface area contributed by atoms with E-state index >= 15 is 0 Å². The number of nitrogens with zero attached hydrogens (tertiary/aromatic N) is 2. The predicted octanol–water partition coefficient (Wildman–Crippen LogP) is 4.18. The highest BCUT2D eigenvalue weighted by atomic mass is 32.1. The molecule has 3 rings (SSSR count). The molecule has 1 aliphatic heterocycles. The first-order valence-corrected chi connectivity index (χ1v) is 10.3. The maximum Gasteiger partial charge on any atom is 0.0576 e. The summed E-state index contributed by atoms with van der Waals surface area (Å²) < 4.78 is 1.44. The van der Waals surface area contributed by atoms with E-state index in [2.05, 4.69) is 46.4 Å². The minimum Gasteiger partial charge on any atom is -0.368 e. The number of anilines is 1. The Morgan fingerprint density at radius 2 is 1.96 bits per heavy atom. The molecular formula is C20H31N3S. The largest absolute Gasteiger partial charge is 0.368 e. The van der Waals surface area contributed by atoms with Crippen molar-refractivity contribution in [3.63, 3.8) is 0 Å². The number of hydrogen-bond donors (Lipinski definition) is 1. The topological polar surface area (TPSA) is 32.5 Å². The van der Waals surface area contributed by atoms with Gasteiger partial charge in [-0.2, -0.15) is 0 Å². The minimum absolute atomic E-state index is 0.837. The Bertz CT molecular complexity index is 616. The third-order valence-electron chi connectivity index (χ3n) is 5.42. The van der Waals surface area contributed by atoms with Crippen molar-refractivity contribution in [1.29, 1.82) is 0 Å². The highest BCUT2D eigenvalue weighted by Gasteiger charge is 2.19. The molecular weight excluding hydrogens is 314 g/mol. The molecule has 4 heteroatoms. The molecule has 2 N–H and O–H groups in total. The van der Waals surface area contributed by atoms with Gasteiger partial charge in [0.2, 0.25) is 0 Å². The van der Waals surface area contributed by atoms with E-state index in [1.54, 1.807) is 0 Å². The monoisotopic (exact) mass is 345 g/mol. The van der Waals surface area contributed by atoms with Gasteiger partial charge in [0, 0.05) is 26.2 Å². The van der Waals surface area contributed by atoms with Crippen LogP contribution in [0.25, 0.3) is 10.1 Å². The lowest BCUT2D eigenvalue weighted by molar-refractivity contribution is 0.232. The van der Waals surface area contributed by atoms with Crippen LogP contribution in [0.3, 0.4) is 0 Å². The zero-order valence-corrected chi connectivity index (χ0v) is 15.7. The molecule has 132 valence electrons. The van der Waals surface area contributed by atoms with Gasteiger partial charge in [-0.3, -0.25) is 4.90 Å². The zero-order valence-electron chi connectivity index (χ0n) is 14.9. The maximum absolute atomic E-state index is 5.66. The zero-order chi connectivity index (χ0) is 16.8. The number of thiophene rings is 1. The van der Waals surface area contributed by atoms with E-state index in [1.807, 2.05) is 11.3 Å². The molecule has 24 heavy (non-hydrogen) atoms. The Balaban J connectivity index is 1.50. The van der Waals surface area contributed by atoms with Crippen LogP contribution in [0.1, 0.15) is 32.6 Å². The molecule has 0 bridgehead atoms. The van der Waals surface area contributed by atoms with Crippen LogP contribution >= 0.6 is 11.3 Å². The molecule has 0 radical (unpaired) electrons. The third-order valence-corrected chi connectivity index (χ3v) is 6.37. The van der Waals surface area contributed by atoms with Crippen LogP contribution in [0.5, 0.6) is 0 Å². The molecule has 0 spiro atoms. The second-order valence-electron chi connectivity index (χ2n) is 6.94. The molecule has 1 aromatic carbocycles. The molecule has 1 atom stereocenters. The summed E-state index contributed by atoms with van der Waals surface area (Å²) in [7, 11) is 0. The summed E-state index contributed by atoms with van der Waals surface area (Å²) in [5, 5.41) is 3.59. The van der Waals surface area contributed by atoms with E-state index in [-0.39, 0.29) is 0 Å². The lowest BCUT2D eigenvalue weighted by Crippen LogP contribution is -2.46. The average Bonchev–Trinajstić information content (AvgIpc) is 3.11. The van der Waals surface area contributed by atoms with Crippen molar-refractivity contribution in [1.82, 2.24) is 4.90 Å². The fourth-order valence-electron chi connectivity index (χ4n) is 3.76. The summed E-state index contributed by atoms with van der Waals surface area (Å²) >= 11 is 1.87. The van der Waals surface area contributed by atoms with E-state index in [1.165, 1.54) is 61.1 Å². The van der Waals surface area contributed by atoms with Gasteiger partial charge in [-0.1, -0.05) is 25.5 Å². The Hall–Kier alpha value is -1.10. The number of fused-ring (bicyclic) bond motifs is 1. The maximum atomic E-state index is 5.66. The van der Waals surface area contributed by atoms with Crippen LogP contribution in [0.15, 0.2) is 29.6 Å². The van der Waals surface area contributed by atoms with Crippen LogP contribution in [0, 0.1) is 5.92 Å². The van der Waals surface area contributed by atoms with Crippen LogP contribution in [-0.2, 0) is 0 Å². The fourth-order valence-corrected chi connectivity index (χ4v) is 4.70. The van der Waals surface area contributed by atoms with E-state index in [9.17, 15) is 0 Å². The molecule has 1 fully saturated rings. The van der Waals surface area contributed by atoms with Crippen molar-refractivity contribution >= 4 is 27.1 Å². The van der Waals surface area contributed by atoms with Crippen LogP contribution < -0.4 is 10.6 Å². The first kappa shape index (κ1) is 17.7. The number of nitrogens with two attached hydrogens (primary N) is 1. The van der Waals surface area contributed by atoms with Crippen molar-refractivity contribution < 1.29 is 0 Å². The molecule has 2 heterocycles. The molecule has 1 saturated heterocycles. The number of rotatable bonds is 8. The summed E-state index contributed by atoms with van der Waals surface area (Å²) in [5.74, 6) is 0.853. The normalized spacial score (nSPS) is 17.5. The van der Waals surface area contributed by atoms with E-state index in [4.69, 9.17) is 5.73 Å². The summed E-state index contributed by atoms with van der Waals surface area (Å²) in [5.41, 5.74) is 7.08. The Kier molecular flexibility index (Phi) is 6.52. The predicted molar refractivity (Wildman–Crippen MR) is 107 cm³/mol. The van der Waals surface area contributed by atoms with Gasteiger partial charge in [0.1, 0.15) is 0 Å². The second kappa shape index (κ2) is 8.84. The number of benzene rings is 1. The molecule has 1 unspecified atom stereocenters. The third kappa shape index (κ3) is 4.29. The summed E-state index contributed by atoms with van der Waals surface area (Å²) in [4.78, 5) is 5.22.